The van der Waals surface area contributed by atoms with Gasteiger partial charge >= 0.3 is 0 Å². The lowest BCUT2D eigenvalue weighted by atomic mass is 10.3. The molecular weight excluding hydrogens is 474 g/mol. The molecule has 6 nitrogen and oxygen atoms in total. The number of carbonyl (C=O) groups excluding carboxylic acids is 1. The van der Waals surface area contributed by atoms with Gasteiger partial charge in [-0.2, -0.15) is 5.10 Å². The molecular formula is C20H27BrClN5OS. The van der Waals surface area contributed by atoms with Gasteiger partial charge < -0.3 is 4.90 Å². The van der Waals surface area contributed by atoms with Gasteiger partial charge in [0.25, 0.3) is 5.91 Å². The maximum atomic E-state index is 13.3. The maximum Gasteiger partial charge on any atom is 0.280 e. The van der Waals surface area contributed by atoms with Crippen molar-refractivity contribution in [2.45, 2.75) is 34.2 Å². The molecule has 29 heavy (non-hydrogen) atoms. The molecule has 2 heterocycles. The molecule has 0 spiro atoms. The minimum atomic E-state index is -0.0967. The van der Waals surface area contributed by atoms with Crippen LogP contribution in [0.1, 0.15) is 37.0 Å². The van der Waals surface area contributed by atoms with Crippen LogP contribution in [0.15, 0.2) is 28.7 Å². The lowest BCUT2D eigenvalue weighted by Crippen LogP contribution is -2.39. The number of hydrogen-bond acceptors (Lipinski definition) is 5. The average molecular weight is 501 g/mol. The predicted molar refractivity (Wildman–Crippen MR) is 127 cm³/mol. The Morgan fingerprint density at radius 1 is 1.17 bits per heavy atom. The molecule has 0 N–H and O–H groups in total. The highest BCUT2D eigenvalue weighted by Gasteiger charge is 2.24. The van der Waals surface area contributed by atoms with Crippen molar-refractivity contribution in [3.8, 4) is 0 Å². The molecule has 1 aromatic carbocycles. The fourth-order valence-electron chi connectivity index (χ4n) is 3.14. The van der Waals surface area contributed by atoms with Gasteiger partial charge in [0, 0.05) is 29.8 Å². The van der Waals surface area contributed by atoms with Crippen molar-refractivity contribution in [1.82, 2.24) is 19.7 Å². The molecule has 0 fully saturated rings. The molecule has 0 aliphatic carbocycles. The van der Waals surface area contributed by atoms with Crippen molar-refractivity contribution in [3.63, 3.8) is 0 Å². The van der Waals surface area contributed by atoms with Gasteiger partial charge in [0.15, 0.2) is 10.8 Å². The van der Waals surface area contributed by atoms with Crippen molar-refractivity contribution in [3.05, 3.63) is 40.1 Å². The van der Waals surface area contributed by atoms with E-state index in [1.807, 2.05) is 42.8 Å². The summed E-state index contributed by atoms with van der Waals surface area (Å²) in [4.78, 5) is 22.2. The van der Waals surface area contributed by atoms with Gasteiger partial charge in [-0.3, -0.25) is 14.4 Å². The van der Waals surface area contributed by atoms with E-state index in [1.54, 1.807) is 4.90 Å². The highest BCUT2D eigenvalue weighted by Crippen LogP contribution is 2.31. The second-order valence-corrected chi connectivity index (χ2v) is 8.50. The summed E-state index contributed by atoms with van der Waals surface area (Å²) < 4.78 is 3.92. The molecule has 0 bridgehead atoms. The van der Waals surface area contributed by atoms with Gasteiger partial charge in [-0.05, 0) is 51.2 Å². The van der Waals surface area contributed by atoms with Crippen LogP contribution in [-0.2, 0) is 6.54 Å². The molecule has 0 saturated carbocycles. The minimum Gasteiger partial charge on any atom is -0.302 e. The number of anilines is 1. The Morgan fingerprint density at radius 2 is 1.90 bits per heavy atom. The third kappa shape index (κ3) is 5.36. The smallest absolute Gasteiger partial charge is 0.280 e. The summed E-state index contributed by atoms with van der Waals surface area (Å²) >= 11 is 5.05. The van der Waals surface area contributed by atoms with Crippen LogP contribution in [0.5, 0.6) is 0 Å². The van der Waals surface area contributed by atoms with Crippen molar-refractivity contribution in [2.24, 2.45) is 0 Å². The number of aryl methyl sites for hydroxylation is 2. The van der Waals surface area contributed by atoms with Crippen LogP contribution in [0.25, 0.3) is 10.2 Å². The first-order valence-electron chi connectivity index (χ1n) is 9.61. The van der Waals surface area contributed by atoms with Gasteiger partial charge in [-0.25, -0.2) is 4.98 Å². The minimum absolute atomic E-state index is 0. The summed E-state index contributed by atoms with van der Waals surface area (Å²) in [6, 6.07) is 7.85. The molecule has 3 aromatic rings. The van der Waals surface area contributed by atoms with E-state index in [4.69, 9.17) is 4.98 Å². The van der Waals surface area contributed by atoms with E-state index in [9.17, 15) is 4.79 Å². The van der Waals surface area contributed by atoms with E-state index < -0.39 is 0 Å². The summed E-state index contributed by atoms with van der Waals surface area (Å²) in [5.41, 5.74) is 2.36. The van der Waals surface area contributed by atoms with Crippen LogP contribution in [0.3, 0.4) is 0 Å². The number of hydrogen-bond donors (Lipinski definition) is 0. The molecule has 0 saturated heterocycles. The molecule has 0 radical (unpaired) electrons. The van der Waals surface area contributed by atoms with Crippen LogP contribution >= 0.6 is 39.7 Å². The van der Waals surface area contributed by atoms with E-state index in [1.165, 1.54) is 11.3 Å². The Labute approximate surface area is 190 Å². The predicted octanol–water partition coefficient (Wildman–Crippen LogP) is 4.99. The second-order valence-electron chi connectivity index (χ2n) is 6.58. The Hall–Kier alpha value is -1.48. The molecule has 2 aromatic heterocycles. The fraction of sp³-hybridized carbons (Fsp3) is 0.450. The van der Waals surface area contributed by atoms with E-state index in [0.29, 0.717) is 17.4 Å². The number of rotatable bonds is 8. The number of carbonyl (C=O) groups is 1. The molecule has 9 heteroatoms. The van der Waals surface area contributed by atoms with Gasteiger partial charge in [0.05, 0.1) is 10.2 Å². The summed E-state index contributed by atoms with van der Waals surface area (Å²) in [7, 11) is 0. The number of likely N-dealkylation sites (N-methyl/N-ethyl adjacent to an activating group) is 1. The quantitative estimate of drug-likeness (QED) is 0.437. The zero-order chi connectivity index (χ0) is 20.3. The lowest BCUT2D eigenvalue weighted by molar-refractivity contribution is 0.0978. The molecule has 0 atom stereocenters. The third-order valence-electron chi connectivity index (χ3n) is 4.85. The first-order chi connectivity index (χ1) is 13.5. The number of nitrogens with zero attached hydrogens (tertiary/aromatic N) is 5. The van der Waals surface area contributed by atoms with E-state index in [-0.39, 0.29) is 18.3 Å². The highest BCUT2D eigenvalue weighted by molar-refractivity contribution is 9.10. The van der Waals surface area contributed by atoms with E-state index in [2.05, 4.69) is 39.8 Å². The molecule has 3 rings (SSSR count). The number of fused-ring (bicyclic) bond motifs is 1. The summed E-state index contributed by atoms with van der Waals surface area (Å²) in [6.07, 6.45) is 0. The highest BCUT2D eigenvalue weighted by atomic mass is 79.9. The van der Waals surface area contributed by atoms with Crippen molar-refractivity contribution in [1.29, 1.82) is 0 Å². The zero-order valence-electron chi connectivity index (χ0n) is 17.2. The monoisotopic (exact) mass is 499 g/mol. The number of aromatic nitrogens is 3. The Morgan fingerprint density at radius 3 is 2.52 bits per heavy atom. The van der Waals surface area contributed by atoms with Crippen molar-refractivity contribution in [2.75, 3.05) is 31.1 Å². The first kappa shape index (κ1) is 23.8. The molecule has 1 amide bonds. The summed E-state index contributed by atoms with van der Waals surface area (Å²) in [5.74, 6) is -0.0967. The lowest BCUT2D eigenvalue weighted by Gasteiger charge is -2.24. The Kier molecular flexibility index (Phi) is 8.63. The number of thiazole rings is 1. The van der Waals surface area contributed by atoms with E-state index >= 15 is 0 Å². The van der Waals surface area contributed by atoms with Crippen LogP contribution < -0.4 is 4.90 Å². The van der Waals surface area contributed by atoms with E-state index in [0.717, 1.165) is 46.6 Å². The summed E-state index contributed by atoms with van der Waals surface area (Å²) in [6.45, 7) is 12.3. The van der Waals surface area contributed by atoms with Gasteiger partial charge in [0.1, 0.15) is 0 Å². The van der Waals surface area contributed by atoms with Gasteiger partial charge in [-0.15, -0.1) is 12.4 Å². The van der Waals surface area contributed by atoms with Crippen molar-refractivity contribution < 1.29 is 4.79 Å². The molecule has 0 aliphatic heterocycles. The number of benzene rings is 1. The van der Waals surface area contributed by atoms with Crippen molar-refractivity contribution >= 4 is 60.9 Å². The number of amides is 1. The normalized spacial score (nSPS) is 11.1. The standard InChI is InChI=1S/C20H26BrN5OS.ClH/c1-5-24(6-2)10-11-25(19(27)17-12-14(4)26(7-3)23-17)20-22-16-9-8-15(21)13-18(16)28-20;/h8-9,12-13H,5-7,10-11H2,1-4H3;1H. The topological polar surface area (TPSA) is 54.3 Å². The molecule has 0 aliphatic rings. The van der Waals surface area contributed by atoms with Crippen LogP contribution in [0.4, 0.5) is 5.13 Å². The zero-order valence-corrected chi connectivity index (χ0v) is 20.4. The average Bonchev–Trinajstić information content (AvgIpc) is 3.27. The van der Waals surface area contributed by atoms with Gasteiger partial charge in [0.2, 0.25) is 0 Å². The molecule has 0 unspecified atom stereocenters. The fourth-order valence-corrected chi connectivity index (χ4v) is 4.68. The Bertz CT molecular complexity index is 969. The number of halogens is 2. The van der Waals surface area contributed by atoms with Crippen LogP contribution in [0.2, 0.25) is 0 Å². The largest absolute Gasteiger partial charge is 0.302 e. The van der Waals surface area contributed by atoms with Crippen LogP contribution in [0, 0.1) is 6.92 Å². The first-order valence-corrected chi connectivity index (χ1v) is 11.2. The third-order valence-corrected chi connectivity index (χ3v) is 6.38. The second kappa shape index (κ2) is 10.5. The van der Waals surface area contributed by atoms with Gasteiger partial charge in [-0.1, -0.05) is 41.1 Å². The summed E-state index contributed by atoms with van der Waals surface area (Å²) in [5, 5.41) is 5.21. The molecule has 158 valence electrons. The Balaban J connectivity index is 0.00000300. The van der Waals surface area contributed by atoms with Crippen LogP contribution in [-0.4, -0.2) is 51.8 Å². The SMILES string of the molecule is CCN(CC)CCN(C(=O)c1cc(C)n(CC)n1)c1nc2ccc(Br)cc2s1.Cl. The maximum absolute atomic E-state index is 13.3.